The van der Waals surface area contributed by atoms with Gasteiger partial charge in [0.25, 0.3) is 5.78 Å². The number of anilines is 1. The van der Waals surface area contributed by atoms with E-state index in [0.717, 1.165) is 17.5 Å². The Balaban J connectivity index is 0.000000201. The van der Waals surface area contributed by atoms with Gasteiger partial charge >= 0.3 is 6.09 Å². The molecule has 5 aromatic rings. The number of thiazole rings is 1. The van der Waals surface area contributed by atoms with E-state index in [0.29, 0.717) is 47.5 Å². The van der Waals surface area contributed by atoms with Crippen LogP contribution in [0.4, 0.5) is 28.2 Å². The van der Waals surface area contributed by atoms with Crippen molar-refractivity contribution in [1.29, 1.82) is 0 Å². The van der Waals surface area contributed by atoms with Gasteiger partial charge in [0.1, 0.15) is 51.6 Å². The molecule has 2 amide bonds. The van der Waals surface area contributed by atoms with Crippen LogP contribution in [0.1, 0.15) is 65.4 Å². The number of carbonyl (C=O) groups excluding carboxylic acids is 2. The Labute approximate surface area is 306 Å². The molecule has 2 atom stereocenters. The summed E-state index contributed by atoms with van der Waals surface area (Å²) in [7, 11) is 0. The number of piperidine rings is 1. The molecule has 0 saturated carbocycles. The summed E-state index contributed by atoms with van der Waals surface area (Å²) in [5, 5.41) is 10.2. The summed E-state index contributed by atoms with van der Waals surface area (Å²) >= 11 is 7.61. The summed E-state index contributed by atoms with van der Waals surface area (Å²) in [6.45, 7) is 12.5. The van der Waals surface area contributed by atoms with Gasteiger partial charge in [-0.15, -0.1) is 11.3 Å². The Morgan fingerprint density at radius 2 is 1.62 bits per heavy atom. The van der Waals surface area contributed by atoms with Crippen molar-refractivity contribution in [3.05, 3.63) is 70.1 Å². The molecule has 0 radical (unpaired) electrons. The molecular formula is C35H39ClF4N8O3S. The highest BCUT2D eigenvalue weighted by Gasteiger charge is 2.30. The van der Waals surface area contributed by atoms with Crippen LogP contribution in [0.25, 0.3) is 27.1 Å². The van der Waals surface area contributed by atoms with Crippen molar-refractivity contribution in [2.24, 2.45) is 11.8 Å². The third kappa shape index (κ3) is 8.89. The fraction of sp³-hybridized carbons (Fsp3) is 0.429. The minimum Gasteiger partial charge on any atom is -0.447 e. The number of aromatic nitrogens is 5. The molecule has 0 unspecified atom stereocenters. The number of alkyl carbamates (subject to hydrolysis) is 1. The van der Waals surface area contributed by atoms with Gasteiger partial charge in [0, 0.05) is 25.2 Å². The number of hydrogen-bond donors (Lipinski definition) is 2. The van der Waals surface area contributed by atoms with Crippen LogP contribution in [-0.4, -0.2) is 61.8 Å². The fourth-order valence-electron chi connectivity index (χ4n) is 5.69. The summed E-state index contributed by atoms with van der Waals surface area (Å²) in [5.41, 5.74) is 0.315. The van der Waals surface area contributed by atoms with Gasteiger partial charge in [-0.05, 0) is 63.6 Å². The van der Waals surface area contributed by atoms with Crippen LogP contribution in [-0.2, 0) is 9.53 Å². The van der Waals surface area contributed by atoms with Crippen molar-refractivity contribution in [2.75, 3.05) is 18.0 Å². The van der Waals surface area contributed by atoms with E-state index in [9.17, 15) is 27.2 Å². The molecule has 11 nitrogen and oxygen atoms in total. The van der Waals surface area contributed by atoms with Crippen molar-refractivity contribution >= 4 is 56.8 Å². The molecule has 278 valence electrons. The predicted octanol–water partition coefficient (Wildman–Crippen LogP) is 7.87. The third-order valence-corrected chi connectivity index (χ3v) is 9.83. The molecule has 1 fully saturated rings. The first-order chi connectivity index (χ1) is 24.6. The van der Waals surface area contributed by atoms with Gasteiger partial charge in [0.2, 0.25) is 5.91 Å². The fourth-order valence-corrected chi connectivity index (χ4v) is 6.94. The average Bonchev–Trinajstić information content (AvgIpc) is 3.70. The Morgan fingerprint density at radius 3 is 2.25 bits per heavy atom. The van der Waals surface area contributed by atoms with Crippen LogP contribution in [0.3, 0.4) is 0 Å². The number of halogens is 5. The van der Waals surface area contributed by atoms with Crippen LogP contribution in [0.15, 0.2) is 36.7 Å². The second kappa shape index (κ2) is 16.4. The van der Waals surface area contributed by atoms with Crippen LogP contribution in [0.2, 0.25) is 5.15 Å². The molecule has 6 rings (SSSR count). The zero-order valence-corrected chi connectivity index (χ0v) is 31.0. The Hall–Kier alpha value is -4.57. The molecule has 0 spiro atoms. The number of benzene rings is 2. The largest absolute Gasteiger partial charge is 0.447 e. The SMILES string of the molecule is CC(C)OC(=O)N[C@H](C(=O)N[C@@H](C)c1nc2ccc(F)cc2s1)C(C)C.CC1CCN(c2c(-c3c(F)cc(F)cc3F)c(Cl)nc3ncnn23)CC1. The first kappa shape index (κ1) is 38.7. The van der Waals surface area contributed by atoms with Crippen LogP contribution < -0.4 is 15.5 Å². The minimum atomic E-state index is -1.04. The molecular weight excluding hydrogens is 724 g/mol. The van der Waals surface area contributed by atoms with Crippen molar-refractivity contribution in [3.63, 3.8) is 0 Å². The zero-order chi connectivity index (χ0) is 37.9. The maximum atomic E-state index is 14.5. The number of amides is 2. The van der Waals surface area contributed by atoms with Crippen molar-refractivity contribution in [2.45, 2.75) is 72.6 Å². The van der Waals surface area contributed by atoms with E-state index in [2.05, 4.69) is 37.6 Å². The average molecular weight is 763 g/mol. The van der Waals surface area contributed by atoms with Gasteiger partial charge in [0.05, 0.1) is 33.5 Å². The first-order valence-electron chi connectivity index (χ1n) is 16.8. The maximum Gasteiger partial charge on any atom is 0.408 e. The number of nitrogens with one attached hydrogen (secondary N) is 2. The van der Waals surface area contributed by atoms with Crippen LogP contribution in [0.5, 0.6) is 0 Å². The highest BCUT2D eigenvalue weighted by atomic mass is 35.5. The quantitative estimate of drug-likeness (QED) is 0.121. The maximum absolute atomic E-state index is 14.5. The van der Waals surface area contributed by atoms with E-state index in [1.165, 1.54) is 34.3 Å². The molecule has 1 saturated heterocycles. The monoisotopic (exact) mass is 762 g/mol. The zero-order valence-electron chi connectivity index (χ0n) is 29.4. The van der Waals surface area contributed by atoms with Crippen LogP contribution in [0, 0.1) is 35.1 Å². The van der Waals surface area contributed by atoms with Crippen LogP contribution >= 0.6 is 22.9 Å². The topological polar surface area (TPSA) is 127 Å². The Bertz CT molecular complexity index is 2050. The molecule has 2 aromatic carbocycles. The van der Waals surface area contributed by atoms with E-state index in [1.807, 2.05) is 18.7 Å². The number of fused-ring (bicyclic) bond motifs is 2. The molecule has 4 heterocycles. The third-order valence-electron chi connectivity index (χ3n) is 8.36. The molecule has 3 aromatic heterocycles. The Morgan fingerprint density at radius 1 is 0.942 bits per heavy atom. The lowest BCUT2D eigenvalue weighted by Crippen LogP contribution is -2.50. The van der Waals surface area contributed by atoms with Gasteiger partial charge in [0.15, 0.2) is 0 Å². The normalized spacial score (nSPS) is 14.8. The second-order valence-electron chi connectivity index (χ2n) is 13.2. The lowest BCUT2D eigenvalue weighted by molar-refractivity contribution is -0.124. The molecule has 0 bridgehead atoms. The highest BCUT2D eigenvalue weighted by molar-refractivity contribution is 7.18. The van der Waals surface area contributed by atoms with E-state index < -0.39 is 35.2 Å². The molecule has 1 aliphatic rings. The minimum absolute atomic E-state index is 0.0502. The van der Waals surface area contributed by atoms with Gasteiger partial charge in [-0.25, -0.2) is 27.3 Å². The van der Waals surface area contributed by atoms with Crippen molar-refractivity contribution in [1.82, 2.24) is 35.2 Å². The number of nitrogens with zero attached hydrogens (tertiary/aromatic N) is 6. The number of ether oxygens (including phenoxy) is 1. The summed E-state index contributed by atoms with van der Waals surface area (Å²) in [6, 6.07) is 4.55. The lowest BCUT2D eigenvalue weighted by atomic mass is 9.98. The standard InChI is InChI=1S/C18H24FN3O3S.C17H15ClF3N5/c1-9(2)15(22-18(24)25-10(3)4)16(23)20-11(5)17-21-13-7-6-12(19)8-14(13)26-17;1-9-2-4-25(5-3-9)16-14(13-11(20)6-10(19)7-12(13)21)15(18)24-17-22-8-23-26(16)17/h6-11,15H,1-5H3,(H,20,23)(H,22,24);6-9H,2-5H2,1H3/t11-,15-;/m0./s1. The summed E-state index contributed by atoms with van der Waals surface area (Å²) in [5.74, 6) is -2.65. The highest BCUT2D eigenvalue weighted by Crippen LogP contribution is 2.40. The summed E-state index contributed by atoms with van der Waals surface area (Å²) < 4.78 is 62.8. The molecule has 0 aliphatic carbocycles. The van der Waals surface area contributed by atoms with E-state index >= 15 is 0 Å². The molecule has 1 aliphatic heterocycles. The van der Waals surface area contributed by atoms with E-state index in [4.69, 9.17) is 16.3 Å². The van der Waals surface area contributed by atoms with Crippen molar-refractivity contribution < 1.29 is 31.9 Å². The smallest absolute Gasteiger partial charge is 0.408 e. The van der Waals surface area contributed by atoms with Gasteiger partial charge in [-0.2, -0.15) is 19.6 Å². The number of hydrogen-bond acceptors (Lipinski definition) is 9. The Kier molecular flexibility index (Phi) is 12.2. The van der Waals surface area contributed by atoms with E-state index in [-0.39, 0.29) is 46.3 Å². The number of carbonyl (C=O) groups is 2. The number of rotatable bonds is 8. The van der Waals surface area contributed by atoms with E-state index in [1.54, 1.807) is 26.8 Å². The van der Waals surface area contributed by atoms with Crippen molar-refractivity contribution in [3.8, 4) is 11.1 Å². The second-order valence-corrected chi connectivity index (χ2v) is 14.6. The molecule has 17 heteroatoms. The lowest BCUT2D eigenvalue weighted by Gasteiger charge is -2.33. The van der Waals surface area contributed by atoms with Gasteiger partial charge in [-0.1, -0.05) is 32.4 Å². The summed E-state index contributed by atoms with van der Waals surface area (Å²) in [6.07, 6.45) is 2.24. The summed E-state index contributed by atoms with van der Waals surface area (Å²) in [4.78, 5) is 38.9. The first-order valence-corrected chi connectivity index (χ1v) is 17.9. The van der Waals surface area contributed by atoms with Gasteiger partial charge < -0.3 is 20.3 Å². The molecule has 52 heavy (non-hydrogen) atoms. The molecule has 2 N–H and O–H groups in total. The van der Waals surface area contributed by atoms with Gasteiger partial charge in [-0.3, -0.25) is 4.79 Å². The predicted molar refractivity (Wildman–Crippen MR) is 191 cm³/mol.